The molecule has 0 aromatic heterocycles. The minimum atomic E-state index is -0.409. The Kier molecular flexibility index (Phi) is 11.1. The second-order valence-electron chi connectivity index (χ2n) is 10.2. The Balaban J connectivity index is 1.37. The summed E-state index contributed by atoms with van der Waals surface area (Å²) >= 11 is 0. The molecule has 4 rings (SSSR count). The smallest absolute Gasteiger partial charge is 0.330 e. The molecular weight excluding hydrogens is 544 g/mol. The quantitative estimate of drug-likeness (QED) is 0.119. The van der Waals surface area contributed by atoms with E-state index in [1.165, 1.54) is 23.3 Å². The van der Waals surface area contributed by atoms with Crippen molar-refractivity contribution in [1.29, 1.82) is 0 Å². The fourth-order valence-corrected chi connectivity index (χ4v) is 4.54. The SMILES string of the molecule is C=CC(=O)OCCc1ccc(C#Cc2ccc(-c3ccc(C#Cc4ccc(CCOC(=O)C=C)cc4)cc3C)c(C)c2)cc1. The monoisotopic (exact) mass is 578 g/mol. The molecule has 0 spiro atoms. The fourth-order valence-electron chi connectivity index (χ4n) is 4.54. The third-order valence-corrected chi connectivity index (χ3v) is 6.96. The van der Waals surface area contributed by atoms with Gasteiger partial charge in [0, 0.05) is 47.2 Å². The summed E-state index contributed by atoms with van der Waals surface area (Å²) in [6.45, 7) is 11.7. The number of hydrogen-bond acceptors (Lipinski definition) is 4. The van der Waals surface area contributed by atoms with E-state index >= 15 is 0 Å². The van der Waals surface area contributed by atoms with Crippen LogP contribution < -0.4 is 0 Å². The van der Waals surface area contributed by atoms with Crippen molar-refractivity contribution >= 4 is 11.9 Å². The Morgan fingerprint density at radius 3 is 1.25 bits per heavy atom. The first-order chi connectivity index (χ1) is 21.3. The molecule has 218 valence electrons. The lowest BCUT2D eigenvalue weighted by atomic mass is 9.94. The Morgan fingerprint density at radius 1 is 0.568 bits per heavy atom. The zero-order chi connectivity index (χ0) is 31.3. The van der Waals surface area contributed by atoms with Gasteiger partial charge in [0.15, 0.2) is 0 Å². The first-order valence-corrected chi connectivity index (χ1v) is 14.4. The number of aryl methyl sites for hydroxylation is 2. The molecule has 0 aliphatic heterocycles. The van der Waals surface area contributed by atoms with Crippen molar-refractivity contribution in [2.75, 3.05) is 13.2 Å². The van der Waals surface area contributed by atoms with Gasteiger partial charge in [0.05, 0.1) is 13.2 Å². The highest BCUT2D eigenvalue weighted by molar-refractivity contribution is 5.81. The molecule has 0 saturated carbocycles. The van der Waals surface area contributed by atoms with E-state index in [4.69, 9.17) is 9.47 Å². The summed E-state index contributed by atoms with van der Waals surface area (Å²) in [5.41, 5.74) is 10.6. The highest BCUT2D eigenvalue weighted by Gasteiger charge is 2.07. The Morgan fingerprint density at radius 2 is 0.909 bits per heavy atom. The van der Waals surface area contributed by atoms with Gasteiger partial charge >= 0.3 is 11.9 Å². The summed E-state index contributed by atoms with van der Waals surface area (Å²) in [7, 11) is 0. The molecule has 0 unspecified atom stereocenters. The summed E-state index contributed by atoms with van der Waals surface area (Å²) in [6, 6.07) is 28.5. The van der Waals surface area contributed by atoms with Crippen LogP contribution in [0.3, 0.4) is 0 Å². The molecule has 0 amide bonds. The van der Waals surface area contributed by atoms with Gasteiger partial charge in [-0.1, -0.05) is 73.2 Å². The van der Waals surface area contributed by atoms with Gasteiger partial charge in [-0.15, -0.1) is 0 Å². The zero-order valence-corrected chi connectivity index (χ0v) is 25.1. The van der Waals surface area contributed by atoms with Crippen molar-refractivity contribution in [2.45, 2.75) is 26.7 Å². The van der Waals surface area contributed by atoms with Crippen LogP contribution in [-0.2, 0) is 31.9 Å². The van der Waals surface area contributed by atoms with Crippen molar-refractivity contribution in [1.82, 2.24) is 0 Å². The average molecular weight is 579 g/mol. The average Bonchev–Trinajstić information content (AvgIpc) is 3.04. The van der Waals surface area contributed by atoms with Gasteiger partial charge in [-0.05, 0) is 95.8 Å². The molecule has 44 heavy (non-hydrogen) atoms. The van der Waals surface area contributed by atoms with E-state index in [1.807, 2.05) is 48.5 Å². The van der Waals surface area contributed by atoms with Crippen LogP contribution in [0.2, 0.25) is 0 Å². The van der Waals surface area contributed by atoms with Gasteiger partial charge in [-0.2, -0.15) is 0 Å². The molecule has 0 N–H and O–H groups in total. The van der Waals surface area contributed by atoms with Crippen molar-refractivity contribution in [3.05, 3.63) is 155 Å². The standard InChI is InChI=1S/C40H34O4/c1-5-39(41)43-25-23-33-11-7-31(8-12-33)15-17-35-19-21-37(29(3)27-35)38-22-20-36(28-30(38)4)18-16-32-9-13-34(14-10-32)24-26-44-40(42)6-2/h5-14,19-22,27-28H,1-2,23-26H2,3-4H3. The van der Waals surface area contributed by atoms with Crippen LogP contribution in [-0.4, -0.2) is 25.2 Å². The molecule has 0 heterocycles. The van der Waals surface area contributed by atoms with Crippen molar-refractivity contribution < 1.29 is 19.1 Å². The highest BCUT2D eigenvalue weighted by Crippen LogP contribution is 2.28. The van der Waals surface area contributed by atoms with E-state index in [1.54, 1.807) is 0 Å². The van der Waals surface area contributed by atoms with E-state index in [9.17, 15) is 9.59 Å². The minimum Gasteiger partial charge on any atom is -0.462 e. The van der Waals surface area contributed by atoms with Gasteiger partial charge in [0.2, 0.25) is 0 Å². The van der Waals surface area contributed by atoms with E-state index in [0.717, 1.165) is 44.5 Å². The summed E-state index contributed by atoms with van der Waals surface area (Å²) in [4.78, 5) is 22.3. The molecule has 0 bridgehead atoms. The van der Waals surface area contributed by atoms with Gasteiger partial charge in [-0.3, -0.25) is 0 Å². The number of carbonyl (C=O) groups excluding carboxylic acids is 2. The van der Waals surface area contributed by atoms with E-state index < -0.39 is 11.9 Å². The molecule has 0 atom stereocenters. The molecule has 4 nitrogen and oxygen atoms in total. The lowest BCUT2D eigenvalue weighted by molar-refractivity contribution is -0.138. The molecule has 0 radical (unpaired) electrons. The predicted molar refractivity (Wildman–Crippen MR) is 176 cm³/mol. The van der Waals surface area contributed by atoms with Crippen molar-refractivity contribution in [3.63, 3.8) is 0 Å². The van der Waals surface area contributed by atoms with Gasteiger partial charge in [-0.25, -0.2) is 9.59 Å². The highest BCUT2D eigenvalue weighted by atomic mass is 16.5. The summed E-state index contributed by atoms with van der Waals surface area (Å²) < 4.78 is 10.1. The molecule has 4 heteroatoms. The van der Waals surface area contributed by atoms with E-state index in [0.29, 0.717) is 26.1 Å². The number of rotatable bonds is 9. The van der Waals surface area contributed by atoms with Crippen molar-refractivity contribution in [2.24, 2.45) is 0 Å². The van der Waals surface area contributed by atoms with Crippen LogP contribution in [0.4, 0.5) is 0 Å². The molecule has 4 aromatic carbocycles. The van der Waals surface area contributed by atoms with Crippen LogP contribution in [0.1, 0.15) is 44.5 Å². The van der Waals surface area contributed by atoms with Crippen LogP contribution in [0.5, 0.6) is 0 Å². The Labute approximate surface area is 260 Å². The number of benzene rings is 4. The van der Waals surface area contributed by atoms with Gasteiger partial charge in [0.25, 0.3) is 0 Å². The number of carbonyl (C=O) groups is 2. The molecule has 4 aromatic rings. The molecule has 0 fully saturated rings. The number of hydrogen-bond donors (Lipinski definition) is 0. The number of esters is 2. The number of ether oxygens (including phenoxy) is 2. The summed E-state index contributed by atoms with van der Waals surface area (Å²) in [6.07, 6.45) is 3.63. The van der Waals surface area contributed by atoms with E-state index in [-0.39, 0.29) is 0 Å². The molecule has 0 aliphatic carbocycles. The maximum atomic E-state index is 11.2. The Bertz CT molecular complexity index is 1650. The second kappa shape index (κ2) is 15.6. The topological polar surface area (TPSA) is 52.6 Å². The van der Waals surface area contributed by atoms with Crippen LogP contribution in [0.15, 0.2) is 110 Å². The maximum absolute atomic E-state index is 11.2. The lowest BCUT2D eigenvalue weighted by Gasteiger charge is -2.10. The Hall–Kier alpha value is -5.58. The van der Waals surface area contributed by atoms with Gasteiger partial charge in [0.1, 0.15) is 0 Å². The normalized spacial score (nSPS) is 9.95. The predicted octanol–water partition coefficient (Wildman–Crippen LogP) is 7.31. The largest absolute Gasteiger partial charge is 0.462 e. The summed E-state index contributed by atoms with van der Waals surface area (Å²) in [5.74, 6) is 12.2. The lowest BCUT2D eigenvalue weighted by Crippen LogP contribution is -2.04. The van der Waals surface area contributed by atoms with Crippen molar-refractivity contribution in [3.8, 4) is 34.8 Å². The zero-order valence-electron chi connectivity index (χ0n) is 25.1. The van der Waals surface area contributed by atoms with Gasteiger partial charge < -0.3 is 9.47 Å². The molecule has 0 aliphatic rings. The fraction of sp³-hybridized carbons (Fsp3) is 0.150. The summed E-state index contributed by atoms with van der Waals surface area (Å²) in [5, 5.41) is 0. The minimum absolute atomic E-state index is 0.325. The third-order valence-electron chi connectivity index (χ3n) is 6.96. The molecule has 0 saturated heterocycles. The van der Waals surface area contributed by atoms with E-state index in [2.05, 4.69) is 87.1 Å². The first-order valence-electron chi connectivity index (χ1n) is 14.4. The van der Waals surface area contributed by atoms with Crippen LogP contribution in [0, 0.1) is 37.5 Å². The van der Waals surface area contributed by atoms with Crippen LogP contribution in [0.25, 0.3) is 11.1 Å². The second-order valence-corrected chi connectivity index (χ2v) is 10.2. The molecular formula is C40H34O4. The third kappa shape index (κ3) is 9.21. The van der Waals surface area contributed by atoms with Crippen LogP contribution >= 0.6 is 0 Å². The maximum Gasteiger partial charge on any atom is 0.330 e. The first kappa shape index (κ1) is 31.4.